The molecule has 0 saturated carbocycles. The van der Waals surface area contributed by atoms with Gasteiger partial charge in [0, 0.05) is 17.8 Å². The van der Waals surface area contributed by atoms with Crippen molar-refractivity contribution in [2.24, 2.45) is 0 Å². The maximum Gasteiger partial charge on any atom is 0.0376 e. The predicted molar refractivity (Wildman–Crippen MR) is 87.3 cm³/mol. The molecule has 2 nitrogen and oxygen atoms in total. The zero-order valence-electron chi connectivity index (χ0n) is 12.6. The van der Waals surface area contributed by atoms with E-state index in [0.717, 1.165) is 13.0 Å². The van der Waals surface area contributed by atoms with Crippen LogP contribution in [0.15, 0.2) is 54.6 Å². The molecule has 0 heterocycles. The first-order valence-electron chi connectivity index (χ1n) is 7.15. The number of anilines is 1. The Morgan fingerprint density at radius 1 is 0.900 bits per heavy atom. The molecule has 2 heteroatoms. The van der Waals surface area contributed by atoms with E-state index in [2.05, 4.69) is 79.1 Å². The van der Waals surface area contributed by atoms with Gasteiger partial charge in [-0.2, -0.15) is 0 Å². The number of nitrogens with one attached hydrogen (secondary N) is 2. The average Bonchev–Trinajstić information content (AvgIpc) is 2.47. The molecule has 2 aromatic carbocycles. The average molecular weight is 268 g/mol. The minimum absolute atomic E-state index is 0.0832. The van der Waals surface area contributed by atoms with Crippen LogP contribution >= 0.6 is 0 Å². The third-order valence-electron chi connectivity index (χ3n) is 3.65. The van der Waals surface area contributed by atoms with Crippen LogP contribution in [0, 0.1) is 0 Å². The minimum atomic E-state index is 0.0832. The summed E-state index contributed by atoms with van der Waals surface area (Å²) in [5.74, 6) is 0. The molecule has 106 valence electrons. The summed E-state index contributed by atoms with van der Waals surface area (Å²) in [7, 11) is 2.00. The summed E-state index contributed by atoms with van der Waals surface area (Å²) in [6.45, 7) is 5.29. The zero-order valence-corrected chi connectivity index (χ0v) is 12.6. The summed E-state index contributed by atoms with van der Waals surface area (Å²) >= 11 is 0. The van der Waals surface area contributed by atoms with Gasteiger partial charge in [0.2, 0.25) is 0 Å². The summed E-state index contributed by atoms with van der Waals surface area (Å²) in [5, 5.41) is 6.88. The third kappa shape index (κ3) is 4.10. The molecule has 2 aromatic rings. The highest BCUT2D eigenvalue weighted by atomic mass is 15.0. The van der Waals surface area contributed by atoms with Crippen molar-refractivity contribution < 1.29 is 0 Å². The second-order valence-corrected chi connectivity index (χ2v) is 5.81. The summed E-state index contributed by atoms with van der Waals surface area (Å²) in [4.78, 5) is 0. The van der Waals surface area contributed by atoms with Crippen LogP contribution < -0.4 is 10.6 Å². The van der Waals surface area contributed by atoms with E-state index in [-0.39, 0.29) is 5.54 Å². The van der Waals surface area contributed by atoms with Gasteiger partial charge in [-0.15, -0.1) is 0 Å². The lowest BCUT2D eigenvalue weighted by Crippen LogP contribution is -2.42. The fraction of sp³-hybridized carbons (Fsp3) is 0.333. The lowest BCUT2D eigenvalue weighted by Gasteiger charge is -2.25. The summed E-state index contributed by atoms with van der Waals surface area (Å²) < 4.78 is 0. The summed E-state index contributed by atoms with van der Waals surface area (Å²) in [6.07, 6.45) is 0.962. The maximum absolute atomic E-state index is 3.56. The van der Waals surface area contributed by atoms with Crippen LogP contribution in [0.3, 0.4) is 0 Å². The van der Waals surface area contributed by atoms with Gasteiger partial charge in [0.05, 0.1) is 0 Å². The second-order valence-electron chi connectivity index (χ2n) is 5.81. The molecule has 2 rings (SSSR count). The maximum atomic E-state index is 3.56. The monoisotopic (exact) mass is 268 g/mol. The fourth-order valence-corrected chi connectivity index (χ4v) is 2.07. The Labute approximate surface area is 122 Å². The first-order valence-corrected chi connectivity index (χ1v) is 7.15. The molecule has 0 aliphatic rings. The lowest BCUT2D eigenvalue weighted by molar-refractivity contribution is 0.448. The van der Waals surface area contributed by atoms with E-state index < -0.39 is 0 Å². The van der Waals surface area contributed by atoms with E-state index in [1.807, 2.05) is 7.05 Å². The molecule has 0 aliphatic heterocycles. The van der Waals surface area contributed by atoms with Crippen molar-refractivity contribution in [1.29, 1.82) is 0 Å². The van der Waals surface area contributed by atoms with Gasteiger partial charge in [0.25, 0.3) is 0 Å². The van der Waals surface area contributed by atoms with E-state index in [9.17, 15) is 0 Å². The molecule has 0 aliphatic carbocycles. The number of hydrogen-bond acceptors (Lipinski definition) is 2. The van der Waals surface area contributed by atoms with E-state index in [1.54, 1.807) is 0 Å². The van der Waals surface area contributed by atoms with E-state index in [4.69, 9.17) is 0 Å². The van der Waals surface area contributed by atoms with Gasteiger partial charge < -0.3 is 10.6 Å². The van der Waals surface area contributed by atoms with Crippen LogP contribution in [0.5, 0.6) is 0 Å². The molecule has 0 unspecified atom stereocenters. The molecule has 0 radical (unpaired) electrons. The third-order valence-corrected chi connectivity index (χ3v) is 3.65. The number of hydrogen-bond donors (Lipinski definition) is 2. The van der Waals surface area contributed by atoms with Crippen molar-refractivity contribution in [3.8, 4) is 0 Å². The Kier molecular flexibility index (Phi) is 4.80. The van der Waals surface area contributed by atoms with Crippen LogP contribution in [0.4, 0.5) is 5.69 Å². The first-order chi connectivity index (χ1) is 9.61. The minimum Gasteiger partial charge on any atom is -0.383 e. The van der Waals surface area contributed by atoms with Crippen LogP contribution in [-0.2, 0) is 6.42 Å². The smallest absolute Gasteiger partial charge is 0.0376 e. The quantitative estimate of drug-likeness (QED) is 0.835. The highest BCUT2D eigenvalue weighted by Gasteiger charge is 2.14. The Morgan fingerprint density at radius 3 is 2.25 bits per heavy atom. The molecule has 0 amide bonds. The van der Waals surface area contributed by atoms with Crippen molar-refractivity contribution in [3.05, 3.63) is 65.7 Å². The van der Waals surface area contributed by atoms with Gasteiger partial charge >= 0.3 is 0 Å². The predicted octanol–water partition coefficient (Wildman–Crippen LogP) is 3.69. The van der Waals surface area contributed by atoms with E-state index in [0.29, 0.717) is 0 Å². The van der Waals surface area contributed by atoms with Gasteiger partial charge in [0.15, 0.2) is 0 Å². The van der Waals surface area contributed by atoms with Crippen LogP contribution in [0.25, 0.3) is 0 Å². The van der Waals surface area contributed by atoms with Gasteiger partial charge in [-0.3, -0.25) is 0 Å². The van der Waals surface area contributed by atoms with Crippen molar-refractivity contribution in [2.75, 3.05) is 18.9 Å². The van der Waals surface area contributed by atoms with Crippen molar-refractivity contribution >= 4 is 5.69 Å². The highest BCUT2D eigenvalue weighted by molar-refractivity contribution is 5.53. The molecule has 0 fully saturated rings. The topological polar surface area (TPSA) is 24.1 Å². The second kappa shape index (κ2) is 6.58. The number of benzene rings is 2. The van der Waals surface area contributed by atoms with Crippen molar-refractivity contribution in [3.63, 3.8) is 0 Å². The van der Waals surface area contributed by atoms with Crippen LogP contribution in [-0.4, -0.2) is 19.1 Å². The summed E-state index contributed by atoms with van der Waals surface area (Å²) in [5.41, 5.74) is 3.99. The van der Waals surface area contributed by atoms with Crippen molar-refractivity contribution in [1.82, 2.24) is 5.32 Å². The molecule has 0 aromatic heterocycles. The highest BCUT2D eigenvalue weighted by Crippen LogP contribution is 2.19. The normalized spacial score (nSPS) is 11.3. The standard InChI is InChI=1S/C18H24N2/c1-18(2,19-3)14-20-17-12-8-7-11-16(17)13-15-9-5-4-6-10-15/h4-12,19-20H,13-14H2,1-3H3. The number of para-hydroxylation sites is 1. The van der Waals surface area contributed by atoms with Crippen LogP contribution in [0.2, 0.25) is 0 Å². The number of likely N-dealkylation sites (N-methyl/N-ethyl adjacent to an activating group) is 1. The molecule has 0 atom stereocenters. The SMILES string of the molecule is CNC(C)(C)CNc1ccccc1Cc1ccccc1. The lowest BCUT2D eigenvalue weighted by atomic mass is 10.0. The van der Waals surface area contributed by atoms with E-state index >= 15 is 0 Å². The Hall–Kier alpha value is -1.80. The van der Waals surface area contributed by atoms with Gasteiger partial charge in [0.1, 0.15) is 0 Å². The fourth-order valence-electron chi connectivity index (χ4n) is 2.07. The van der Waals surface area contributed by atoms with Crippen molar-refractivity contribution in [2.45, 2.75) is 25.8 Å². The Bertz CT molecular complexity index is 532. The molecule has 0 saturated heterocycles. The number of rotatable bonds is 6. The molecule has 0 spiro atoms. The molecule has 20 heavy (non-hydrogen) atoms. The van der Waals surface area contributed by atoms with Gasteiger partial charge in [-0.25, -0.2) is 0 Å². The largest absolute Gasteiger partial charge is 0.383 e. The Morgan fingerprint density at radius 2 is 1.55 bits per heavy atom. The molecule has 0 bridgehead atoms. The Balaban J connectivity index is 2.10. The molecule has 2 N–H and O–H groups in total. The summed E-state index contributed by atoms with van der Waals surface area (Å²) in [6, 6.07) is 19.1. The zero-order chi connectivity index (χ0) is 14.4. The van der Waals surface area contributed by atoms with E-state index in [1.165, 1.54) is 16.8 Å². The first kappa shape index (κ1) is 14.6. The van der Waals surface area contributed by atoms with Gasteiger partial charge in [-0.1, -0.05) is 48.5 Å². The van der Waals surface area contributed by atoms with Gasteiger partial charge in [-0.05, 0) is 44.5 Å². The van der Waals surface area contributed by atoms with Crippen LogP contribution in [0.1, 0.15) is 25.0 Å². The molecular weight excluding hydrogens is 244 g/mol. The molecular formula is C18H24N2.